The van der Waals surface area contributed by atoms with Gasteiger partial charge in [0.05, 0.1) is 12.0 Å². The van der Waals surface area contributed by atoms with E-state index in [2.05, 4.69) is 73.2 Å². The summed E-state index contributed by atoms with van der Waals surface area (Å²) < 4.78 is 4.24. The van der Waals surface area contributed by atoms with Crippen molar-refractivity contribution in [3.8, 4) is 5.69 Å². The lowest BCUT2D eigenvalue weighted by atomic mass is 10.0. The van der Waals surface area contributed by atoms with Crippen molar-refractivity contribution in [2.75, 3.05) is 0 Å². The fourth-order valence-corrected chi connectivity index (χ4v) is 2.95. The van der Waals surface area contributed by atoms with Gasteiger partial charge < -0.3 is 4.57 Å². The second-order valence-corrected chi connectivity index (χ2v) is 6.28. The van der Waals surface area contributed by atoms with Crippen LogP contribution >= 0.6 is 31.9 Å². The van der Waals surface area contributed by atoms with E-state index in [0.29, 0.717) is 0 Å². The van der Waals surface area contributed by atoms with E-state index in [1.165, 1.54) is 11.1 Å². The van der Waals surface area contributed by atoms with E-state index in [1.54, 1.807) is 6.20 Å². The summed E-state index contributed by atoms with van der Waals surface area (Å²) >= 11 is 7.15. The molecular formula is C16H12Br2N2. The van der Waals surface area contributed by atoms with Crippen LogP contribution in [0.25, 0.3) is 5.69 Å². The molecule has 4 heteroatoms. The smallest absolute Gasteiger partial charge is 0.0991 e. The molecule has 0 fully saturated rings. The van der Waals surface area contributed by atoms with Gasteiger partial charge in [-0.3, -0.25) is 0 Å². The molecule has 2 nitrogen and oxygen atoms in total. The molecule has 0 amide bonds. The maximum absolute atomic E-state index is 4.13. The fourth-order valence-electron chi connectivity index (χ4n) is 2.18. The highest BCUT2D eigenvalue weighted by Crippen LogP contribution is 2.25. The number of benzene rings is 2. The van der Waals surface area contributed by atoms with Gasteiger partial charge in [-0.05, 0) is 29.3 Å². The largest absolute Gasteiger partial charge is 0.306 e. The van der Waals surface area contributed by atoms with Crippen molar-refractivity contribution in [3.05, 3.63) is 81.3 Å². The minimum absolute atomic E-state index is 0.877. The third-order valence-corrected chi connectivity index (χ3v) is 4.44. The second-order valence-electron chi connectivity index (χ2n) is 4.51. The van der Waals surface area contributed by atoms with Crippen molar-refractivity contribution in [1.29, 1.82) is 0 Å². The zero-order valence-corrected chi connectivity index (χ0v) is 13.8. The summed E-state index contributed by atoms with van der Waals surface area (Å²) in [7, 11) is 0. The molecule has 0 aliphatic rings. The molecular weight excluding hydrogens is 380 g/mol. The topological polar surface area (TPSA) is 17.8 Å². The molecule has 0 atom stereocenters. The highest BCUT2D eigenvalue weighted by molar-refractivity contribution is 9.10. The Balaban J connectivity index is 2.04. The van der Waals surface area contributed by atoms with Gasteiger partial charge in [-0.15, -0.1) is 0 Å². The van der Waals surface area contributed by atoms with Crippen LogP contribution in [0.2, 0.25) is 0 Å². The summed E-state index contributed by atoms with van der Waals surface area (Å²) in [4.78, 5) is 4.13. The first kappa shape index (κ1) is 13.6. The van der Waals surface area contributed by atoms with Gasteiger partial charge >= 0.3 is 0 Å². The van der Waals surface area contributed by atoms with Crippen molar-refractivity contribution in [2.45, 2.75) is 6.42 Å². The van der Waals surface area contributed by atoms with E-state index < -0.39 is 0 Å². The number of halogens is 2. The average molecular weight is 392 g/mol. The predicted octanol–water partition coefficient (Wildman–Crippen LogP) is 4.99. The minimum Gasteiger partial charge on any atom is -0.306 e. The zero-order valence-electron chi connectivity index (χ0n) is 10.6. The van der Waals surface area contributed by atoms with Crippen LogP contribution in [0.4, 0.5) is 0 Å². The highest BCUT2D eigenvalue weighted by atomic mass is 79.9. The number of rotatable bonds is 3. The van der Waals surface area contributed by atoms with E-state index in [1.807, 2.05) is 23.2 Å². The van der Waals surface area contributed by atoms with Gasteiger partial charge in [0.15, 0.2) is 0 Å². The Morgan fingerprint density at radius 2 is 1.85 bits per heavy atom. The van der Waals surface area contributed by atoms with Crippen LogP contribution in [0.1, 0.15) is 11.1 Å². The Morgan fingerprint density at radius 1 is 1.00 bits per heavy atom. The van der Waals surface area contributed by atoms with E-state index in [0.717, 1.165) is 21.1 Å². The maximum atomic E-state index is 4.13. The molecule has 0 radical (unpaired) electrons. The van der Waals surface area contributed by atoms with Gasteiger partial charge in [0.25, 0.3) is 0 Å². The van der Waals surface area contributed by atoms with Crippen LogP contribution in [-0.2, 0) is 6.42 Å². The second kappa shape index (κ2) is 5.94. The van der Waals surface area contributed by atoms with Crippen molar-refractivity contribution >= 4 is 31.9 Å². The molecule has 1 aromatic heterocycles. The third kappa shape index (κ3) is 2.86. The molecule has 3 rings (SSSR count). The monoisotopic (exact) mass is 390 g/mol. The number of nitrogens with zero attached hydrogens (tertiary/aromatic N) is 2. The van der Waals surface area contributed by atoms with Crippen LogP contribution in [-0.4, -0.2) is 9.55 Å². The SMILES string of the molecule is Brc1ccc(Cc2ccccc2Br)c(-n2ccnc2)c1. The van der Waals surface area contributed by atoms with Gasteiger partial charge in [-0.1, -0.05) is 56.1 Å². The summed E-state index contributed by atoms with van der Waals surface area (Å²) in [6.45, 7) is 0. The Kier molecular flexibility index (Phi) is 4.03. The molecule has 2 aromatic carbocycles. The van der Waals surface area contributed by atoms with Gasteiger partial charge in [-0.2, -0.15) is 0 Å². The first-order chi connectivity index (χ1) is 9.74. The number of hydrogen-bond donors (Lipinski definition) is 0. The Hall–Kier alpha value is -1.39. The Morgan fingerprint density at radius 3 is 2.60 bits per heavy atom. The lowest BCUT2D eigenvalue weighted by molar-refractivity contribution is 1.01. The van der Waals surface area contributed by atoms with Gasteiger partial charge in [0.2, 0.25) is 0 Å². The van der Waals surface area contributed by atoms with Crippen LogP contribution in [0.5, 0.6) is 0 Å². The van der Waals surface area contributed by atoms with E-state index in [-0.39, 0.29) is 0 Å². The predicted molar refractivity (Wildman–Crippen MR) is 88.2 cm³/mol. The first-order valence-electron chi connectivity index (χ1n) is 6.24. The van der Waals surface area contributed by atoms with Crippen molar-refractivity contribution in [3.63, 3.8) is 0 Å². The molecule has 1 heterocycles. The molecule has 0 saturated carbocycles. The summed E-state index contributed by atoms with van der Waals surface area (Å²) in [5.41, 5.74) is 3.68. The molecule has 3 aromatic rings. The lowest BCUT2D eigenvalue weighted by Crippen LogP contribution is -1.99. The quantitative estimate of drug-likeness (QED) is 0.615. The van der Waals surface area contributed by atoms with Crippen molar-refractivity contribution < 1.29 is 0 Å². The van der Waals surface area contributed by atoms with Crippen LogP contribution in [0.15, 0.2) is 70.1 Å². The molecule has 0 bridgehead atoms. The molecule has 0 saturated heterocycles. The molecule has 100 valence electrons. The van der Waals surface area contributed by atoms with Gasteiger partial charge in [-0.25, -0.2) is 4.98 Å². The fraction of sp³-hybridized carbons (Fsp3) is 0.0625. The van der Waals surface area contributed by atoms with Crippen LogP contribution in [0, 0.1) is 0 Å². The molecule has 20 heavy (non-hydrogen) atoms. The van der Waals surface area contributed by atoms with Crippen molar-refractivity contribution in [2.24, 2.45) is 0 Å². The Bertz CT molecular complexity index is 721. The standard InChI is InChI=1S/C16H12Br2N2/c17-14-6-5-13(9-12-3-1-2-4-15(12)18)16(10-14)20-8-7-19-11-20/h1-8,10-11H,9H2. The minimum atomic E-state index is 0.877. The van der Waals surface area contributed by atoms with E-state index in [9.17, 15) is 0 Å². The molecule has 0 unspecified atom stereocenters. The maximum Gasteiger partial charge on any atom is 0.0991 e. The third-order valence-electron chi connectivity index (χ3n) is 3.17. The summed E-state index contributed by atoms with van der Waals surface area (Å²) in [6.07, 6.45) is 6.46. The Labute approximate surface area is 134 Å². The van der Waals surface area contributed by atoms with Gasteiger partial charge in [0, 0.05) is 27.8 Å². The number of aromatic nitrogens is 2. The first-order valence-corrected chi connectivity index (χ1v) is 7.83. The summed E-state index contributed by atoms with van der Waals surface area (Å²) in [6, 6.07) is 14.7. The van der Waals surface area contributed by atoms with Crippen LogP contribution < -0.4 is 0 Å². The van der Waals surface area contributed by atoms with E-state index >= 15 is 0 Å². The summed E-state index contributed by atoms with van der Waals surface area (Å²) in [5.74, 6) is 0. The highest BCUT2D eigenvalue weighted by Gasteiger charge is 2.08. The van der Waals surface area contributed by atoms with Crippen molar-refractivity contribution in [1.82, 2.24) is 9.55 Å². The molecule has 0 N–H and O–H groups in total. The molecule has 0 aliphatic carbocycles. The number of imidazole rings is 1. The lowest BCUT2D eigenvalue weighted by Gasteiger charge is -2.12. The summed E-state index contributed by atoms with van der Waals surface area (Å²) in [5, 5.41) is 0. The molecule has 0 aliphatic heterocycles. The normalized spacial score (nSPS) is 10.7. The number of hydrogen-bond acceptors (Lipinski definition) is 1. The van der Waals surface area contributed by atoms with Crippen LogP contribution in [0.3, 0.4) is 0 Å². The zero-order chi connectivity index (χ0) is 13.9. The molecule has 0 spiro atoms. The van der Waals surface area contributed by atoms with Gasteiger partial charge in [0.1, 0.15) is 0 Å². The average Bonchev–Trinajstić information content (AvgIpc) is 2.97. The van der Waals surface area contributed by atoms with E-state index in [4.69, 9.17) is 0 Å².